The van der Waals surface area contributed by atoms with Crippen LogP contribution >= 0.6 is 43.5 Å². The molecule has 7 nitrogen and oxygen atoms in total. The molecule has 1 amide bonds. The van der Waals surface area contributed by atoms with Crippen LogP contribution in [0.1, 0.15) is 10.4 Å². The summed E-state index contributed by atoms with van der Waals surface area (Å²) in [5.41, 5.74) is 0.124. The van der Waals surface area contributed by atoms with E-state index in [1.807, 2.05) is 0 Å². The van der Waals surface area contributed by atoms with Gasteiger partial charge in [-0.05, 0) is 46.3 Å². The number of carbonyl (C=O) groups is 2. The van der Waals surface area contributed by atoms with Crippen molar-refractivity contribution < 1.29 is 14.7 Å². The Morgan fingerprint density at radius 2 is 2.04 bits per heavy atom. The van der Waals surface area contributed by atoms with Gasteiger partial charge in [-0.1, -0.05) is 27.5 Å². The summed E-state index contributed by atoms with van der Waals surface area (Å²) in [6.45, 7) is 0. The number of aromatic carboxylic acids is 1. The Kier molecular flexibility index (Phi) is 5.40. The van der Waals surface area contributed by atoms with E-state index in [4.69, 9.17) is 11.6 Å². The first-order chi connectivity index (χ1) is 12.4. The number of amides is 1. The number of pyridine rings is 1. The van der Waals surface area contributed by atoms with Gasteiger partial charge in [0, 0.05) is 16.7 Å². The van der Waals surface area contributed by atoms with Crippen molar-refractivity contribution in [3.05, 3.63) is 62.3 Å². The second-order valence-electron chi connectivity index (χ2n) is 4.99. The number of carbonyl (C=O) groups excluding carboxylic acids is 1. The summed E-state index contributed by atoms with van der Waals surface area (Å²) >= 11 is 12.7. The molecule has 26 heavy (non-hydrogen) atoms. The Bertz CT molecular complexity index is 1010. The molecule has 0 saturated heterocycles. The van der Waals surface area contributed by atoms with Crippen molar-refractivity contribution in [1.29, 1.82) is 0 Å². The first-order valence-corrected chi connectivity index (χ1v) is 9.02. The predicted molar refractivity (Wildman–Crippen MR) is 103 cm³/mol. The van der Waals surface area contributed by atoms with E-state index in [0.29, 0.717) is 26.3 Å². The van der Waals surface area contributed by atoms with Crippen LogP contribution in [-0.2, 0) is 4.79 Å². The highest BCUT2D eigenvalue weighted by atomic mass is 79.9. The Morgan fingerprint density at radius 3 is 2.69 bits per heavy atom. The van der Waals surface area contributed by atoms with Crippen molar-refractivity contribution in [3.63, 3.8) is 0 Å². The molecule has 132 valence electrons. The first kappa shape index (κ1) is 18.6. The summed E-state index contributed by atoms with van der Waals surface area (Å²) in [6, 6.07) is 9.44. The number of hydrogen-bond donors (Lipinski definition) is 1. The largest absolute Gasteiger partial charge is 0.478 e. The highest BCUT2D eigenvalue weighted by Crippen LogP contribution is 2.33. The second kappa shape index (κ2) is 7.56. The molecular formula is C16H9Br2ClN4O3. The van der Waals surface area contributed by atoms with Gasteiger partial charge in [0.25, 0.3) is 0 Å². The Balaban J connectivity index is 2.22. The van der Waals surface area contributed by atoms with E-state index in [9.17, 15) is 14.7 Å². The average molecular weight is 501 g/mol. The highest BCUT2D eigenvalue weighted by Gasteiger charge is 2.23. The van der Waals surface area contributed by atoms with Crippen LogP contribution in [0.3, 0.4) is 0 Å². The van der Waals surface area contributed by atoms with Crippen molar-refractivity contribution in [1.82, 2.24) is 14.8 Å². The summed E-state index contributed by atoms with van der Waals surface area (Å²) in [4.78, 5) is 28.8. The number of rotatable bonds is 5. The van der Waals surface area contributed by atoms with Crippen LogP contribution in [-0.4, -0.2) is 32.3 Å². The monoisotopic (exact) mass is 498 g/mol. The fraction of sp³-hybridized carbons (Fsp3) is 0. The number of benzene rings is 1. The van der Waals surface area contributed by atoms with E-state index < -0.39 is 5.97 Å². The van der Waals surface area contributed by atoms with Gasteiger partial charge in [0.2, 0.25) is 6.41 Å². The van der Waals surface area contributed by atoms with Crippen molar-refractivity contribution in [2.75, 3.05) is 4.90 Å². The van der Waals surface area contributed by atoms with Crippen molar-refractivity contribution in [2.24, 2.45) is 0 Å². The number of carboxylic acid groups (broad SMARTS) is 1. The van der Waals surface area contributed by atoms with Gasteiger partial charge in [-0.2, -0.15) is 9.78 Å². The topological polar surface area (TPSA) is 88.3 Å². The molecule has 3 rings (SSSR count). The Morgan fingerprint density at radius 1 is 1.27 bits per heavy atom. The van der Waals surface area contributed by atoms with Crippen LogP contribution in [0.2, 0.25) is 5.02 Å². The smallest absolute Gasteiger partial charge is 0.337 e. The molecule has 0 fully saturated rings. The average Bonchev–Trinajstić information content (AvgIpc) is 2.98. The molecule has 0 radical (unpaired) electrons. The van der Waals surface area contributed by atoms with E-state index >= 15 is 0 Å². The fourth-order valence-corrected chi connectivity index (χ4v) is 3.25. The summed E-state index contributed by atoms with van der Waals surface area (Å²) in [7, 11) is 0. The zero-order chi connectivity index (χ0) is 18.8. The molecule has 0 aliphatic heterocycles. The van der Waals surface area contributed by atoms with Crippen LogP contribution in [0, 0.1) is 0 Å². The zero-order valence-electron chi connectivity index (χ0n) is 12.8. The van der Waals surface area contributed by atoms with E-state index in [2.05, 4.69) is 41.9 Å². The Labute approximate surface area is 169 Å². The number of nitrogens with zero attached hydrogens (tertiary/aromatic N) is 4. The van der Waals surface area contributed by atoms with Gasteiger partial charge in [0.1, 0.15) is 10.4 Å². The third-order valence-electron chi connectivity index (χ3n) is 3.40. The van der Waals surface area contributed by atoms with Crippen molar-refractivity contribution in [2.45, 2.75) is 0 Å². The molecule has 3 aromatic rings. The molecule has 0 bridgehead atoms. The van der Waals surface area contributed by atoms with E-state index in [1.54, 1.807) is 24.3 Å². The number of hydrogen-bond acceptors (Lipinski definition) is 4. The molecule has 1 aromatic carbocycles. The molecule has 1 N–H and O–H groups in total. The predicted octanol–water partition coefficient (Wildman–Crippen LogP) is 4.44. The highest BCUT2D eigenvalue weighted by molar-refractivity contribution is 9.10. The second-order valence-corrected chi connectivity index (χ2v) is 7.12. The zero-order valence-corrected chi connectivity index (χ0v) is 16.7. The van der Waals surface area contributed by atoms with Crippen LogP contribution < -0.4 is 4.90 Å². The van der Waals surface area contributed by atoms with Crippen molar-refractivity contribution >= 4 is 67.3 Å². The SMILES string of the molecule is O=CN(c1ccc(Br)cc1C(=O)O)c1cc(Br)nn1-c1ncccc1Cl. The van der Waals surface area contributed by atoms with Gasteiger partial charge in [0.15, 0.2) is 5.82 Å². The minimum Gasteiger partial charge on any atom is -0.478 e. The number of halogens is 3. The molecule has 10 heteroatoms. The van der Waals surface area contributed by atoms with Gasteiger partial charge in [-0.15, -0.1) is 0 Å². The lowest BCUT2D eigenvalue weighted by Gasteiger charge is -2.20. The number of anilines is 2. The third-order valence-corrected chi connectivity index (χ3v) is 4.58. The van der Waals surface area contributed by atoms with E-state index in [1.165, 1.54) is 27.9 Å². The minimum atomic E-state index is -1.17. The molecule has 2 aromatic heterocycles. The standard InChI is InChI=1S/C16H9Br2ClN4O3/c17-9-3-4-12(10(6-9)16(25)26)22(8-24)14-7-13(18)21-23(14)15-11(19)2-1-5-20-15/h1-8H,(H,25,26). The lowest BCUT2D eigenvalue weighted by atomic mass is 10.1. The van der Waals surface area contributed by atoms with Crippen LogP contribution in [0.25, 0.3) is 5.82 Å². The molecule has 0 atom stereocenters. The lowest BCUT2D eigenvalue weighted by Crippen LogP contribution is -2.21. The number of aromatic nitrogens is 3. The third kappa shape index (κ3) is 3.50. The normalized spacial score (nSPS) is 10.6. The maximum Gasteiger partial charge on any atom is 0.337 e. The molecule has 0 spiro atoms. The minimum absolute atomic E-state index is 0.0533. The van der Waals surface area contributed by atoms with Crippen LogP contribution in [0.15, 0.2) is 51.7 Å². The van der Waals surface area contributed by atoms with Gasteiger partial charge in [0.05, 0.1) is 16.3 Å². The quantitative estimate of drug-likeness (QED) is 0.524. The van der Waals surface area contributed by atoms with Crippen LogP contribution in [0.4, 0.5) is 11.5 Å². The molecule has 2 heterocycles. The lowest BCUT2D eigenvalue weighted by molar-refractivity contribution is -0.106. The van der Waals surface area contributed by atoms with Crippen LogP contribution in [0.5, 0.6) is 0 Å². The van der Waals surface area contributed by atoms with Gasteiger partial charge < -0.3 is 5.11 Å². The summed E-state index contributed by atoms with van der Waals surface area (Å²) in [5.74, 6) is -0.595. The molecule has 0 unspecified atom stereocenters. The van der Waals surface area contributed by atoms with Gasteiger partial charge >= 0.3 is 5.97 Å². The molecule has 0 aliphatic rings. The van der Waals surface area contributed by atoms with E-state index in [0.717, 1.165) is 0 Å². The summed E-state index contributed by atoms with van der Waals surface area (Å²) in [5, 5.41) is 14.1. The van der Waals surface area contributed by atoms with E-state index in [-0.39, 0.29) is 17.1 Å². The first-order valence-electron chi connectivity index (χ1n) is 7.06. The molecule has 0 saturated carbocycles. The Hall–Kier alpha value is -2.23. The number of carboxylic acids is 1. The molecule has 0 aliphatic carbocycles. The maximum atomic E-state index is 11.9. The van der Waals surface area contributed by atoms with Gasteiger partial charge in [-0.3, -0.25) is 9.69 Å². The summed E-state index contributed by atoms with van der Waals surface area (Å²) in [6.07, 6.45) is 2.04. The van der Waals surface area contributed by atoms with Crippen molar-refractivity contribution in [3.8, 4) is 5.82 Å². The summed E-state index contributed by atoms with van der Waals surface area (Å²) < 4.78 is 2.36. The fourth-order valence-electron chi connectivity index (χ4n) is 2.33. The maximum absolute atomic E-state index is 11.9. The van der Waals surface area contributed by atoms with Gasteiger partial charge in [-0.25, -0.2) is 9.78 Å². The molecular weight excluding hydrogens is 491 g/mol.